The second-order valence-corrected chi connectivity index (χ2v) is 5.96. The van der Waals surface area contributed by atoms with Gasteiger partial charge in [-0.05, 0) is 35.7 Å². The fourth-order valence-corrected chi connectivity index (χ4v) is 3.16. The Morgan fingerprint density at radius 3 is 2.62 bits per heavy atom. The molecule has 1 saturated carbocycles. The third-order valence-electron chi connectivity index (χ3n) is 4.42. The van der Waals surface area contributed by atoms with Gasteiger partial charge in [-0.3, -0.25) is 4.79 Å². The zero-order chi connectivity index (χ0) is 14.7. The van der Waals surface area contributed by atoms with Gasteiger partial charge in [0.15, 0.2) is 0 Å². The molecular formula is C18H22N2O. The SMILES string of the molecule is NC1CCCCCC1C(=O)Nc1ccc2ccccc2c1. The van der Waals surface area contributed by atoms with Gasteiger partial charge >= 0.3 is 0 Å². The van der Waals surface area contributed by atoms with Crippen molar-refractivity contribution in [2.24, 2.45) is 11.7 Å². The first kappa shape index (κ1) is 14.1. The van der Waals surface area contributed by atoms with Gasteiger partial charge in [0.2, 0.25) is 5.91 Å². The molecule has 2 unspecified atom stereocenters. The number of anilines is 1. The van der Waals surface area contributed by atoms with Gasteiger partial charge in [-0.1, -0.05) is 49.6 Å². The van der Waals surface area contributed by atoms with Crippen molar-refractivity contribution in [2.45, 2.75) is 38.1 Å². The Kier molecular flexibility index (Phi) is 4.20. The summed E-state index contributed by atoms with van der Waals surface area (Å²) in [5.41, 5.74) is 7.02. The number of carbonyl (C=O) groups is 1. The molecule has 0 aromatic heterocycles. The van der Waals surface area contributed by atoms with Crippen molar-refractivity contribution in [2.75, 3.05) is 5.32 Å². The number of nitrogens with two attached hydrogens (primary N) is 1. The van der Waals surface area contributed by atoms with Gasteiger partial charge in [0.05, 0.1) is 5.92 Å². The summed E-state index contributed by atoms with van der Waals surface area (Å²) in [5.74, 6) is 0.0126. The van der Waals surface area contributed by atoms with Crippen molar-refractivity contribution in [3.8, 4) is 0 Å². The van der Waals surface area contributed by atoms with E-state index in [1.54, 1.807) is 0 Å². The summed E-state index contributed by atoms with van der Waals surface area (Å²) in [6.45, 7) is 0. The zero-order valence-electron chi connectivity index (χ0n) is 12.2. The molecule has 3 rings (SSSR count). The molecule has 0 spiro atoms. The van der Waals surface area contributed by atoms with Gasteiger partial charge in [0.1, 0.15) is 0 Å². The summed E-state index contributed by atoms with van der Waals surface area (Å²) in [4.78, 5) is 12.5. The predicted molar refractivity (Wildman–Crippen MR) is 87.1 cm³/mol. The second-order valence-electron chi connectivity index (χ2n) is 5.96. The maximum atomic E-state index is 12.5. The summed E-state index contributed by atoms with van der Waals surface area (Å²) in [6, 6.07) is 14.2. The highest BCUT2D eigenvalue weighted by atomic mass is 16.1. The lowest BCUT2D eigenvalue weighted by atomic mass is 9.94. The summed E-state index contributed by atoms with van der Waals surface area (Å²) in [5, 5.41) is 5.36. The average molecular weight is 282 g/mol. The number of hydrogen-bond donors (Lipinski definition) is 2. The van der Waals surface area contributed by atoms with E-state index in [1.807, 2.05) is 30.3 Å². The van der Waals surface area contributed by atoms with Crippen molar-refractivity contribution in [3.63, 3.8) is 0 Å². The minimum Gasteiger partial charge on any atom is -0.327 e. The molecule has 110 valence electrons. The molecule has 0 bridgehead atoms. The lowest BCUT2D eigenvalue weighted by molar-refractivity contribution is -0.120. The molecule has 3 N–H and O–H groups in total. The Balaban J connectivity index is 1.75. The highest BCUT2D eigenvalue weighted by Crippen LogP contribution is 2.25. The molecule has 0 saturated heterocycles. The first-order chi connectivity index (χ1) is 10.2. The van der Waals surface area contributed by atoms with Crippen LogP contribution in [0.5, 0.6) is 0 Å². The van der Waals surface area contributed by atoms with Gasteiger partial charge in [-0.2, -0.15) is 0 Å². The van der Waals surface area contributed by atoms with E-state index in [2.05, 4.69) is 17.4 Å². The van der Waals surface area contributed by atoms with E-state index in [9.17, 15) is 4.79 Å². The van der Waals surface area contributed by atoms with Crippen LogP contribution in [0.25, 0.3) is 10.8 Å². The molecule has 0 radical (unpaired) electrons. The molecule has 1 aliphatic carbocycles. The van der Waals surface area contributed by atoms with E-state index in [-0.39, 0.29) is 17.9 Å². The molecule has 0 heterocycles. The van der Waals surface area contributed by atoms with E-state index >= 15 is 0 Å². The summed E-state index contributed by atoms with van der Waals surface area (Å²) < 4.78 is 0. The molecule has 1 fully saturated rings. The number of carbonyl (C=O) groups excluding carboxylic acids is 1. The minimum absolute atomic E-state index is 0.00652. The van der Waals surface area contributed by atoms with Gasteiger partial charge < -0.3 is 11.1 Å². The number of nitrogens with one attached hydrogen (secondary N) is 1. The number of benzene rings is 2. The first-order valence-corrected chi connectivity index (χ1v) is 7.79. The van der Waals surface area contributed by atoms with Crippen molar-refractivity contribution in [1.82, 2.24) is 0 Å². The summed E-state index contributed by atoms with van der Waals surface area (Å²) in [7, 11) is 0. The van der Waals surface area contributed by atoms with Crippen molar-refractivity contribution >= 4 is 22.4 Å². The highest BCUT2D eigenvalue weighted by Gasteiger charge is 2.26. The van der Waals surface area contributed by atoms with Crippen LogP contribution in [0.15, 0.2) is 42.5 Å². The lowest BCUT2D eigenvalue weighted by Gasteiger charge is -2.20. The van der Waals surface area contributed by atoms with Crippen LogP contribution in [0.3, 0.4) is 0 Å². The van der Waals surface area contributed by atoms with Gasteiger partial charge in [-0.15, -0.1) is 0 Å². The van der Waals surface area contributed by atoms with Gasteiger partial charge in [0, 0.05) is 11.7 Å². The van der Waals surface area contributed by atoms with Crippen molar-refractivity contribution in [1.29, 1.82) is 0 Å². The van der Waals surface area contributed by atoms with E-state index in [0.29, 0.717) is 0 Å². The van der Waals surface area contributed by atoms with E-state index in [1.165, 1.54) is 11.8 Å². The Hall–Kier alpha value is -1.87. The molecule has 2 aromatic carbocycles. The Labute approximate surface area is 125 Å². The van der Waals surface area contributed by atoms with Crippen LogP contribution in [0, 0.1) is 5.92 Å². The van der Waals surface area contributed by atoms with E-state index < -0.39 is 0 Å². The predicted octanol–water partition coefficient (Wildman–Crippen LogP) is 3.69. The third kappa shape index (κ3) is 3.24. The molecular weight excluding hydrogens is 260 g/mol. The fraction of sp³-hybridized carbons (Fsp3) is 0.389. The first-order valence-electron chi connectivity index (χ1n) is 7.79. The fourth-order valence-electron chi connectivity index (χ4n) is 3.16. The lowest BCUT2D eigenvalue weighted by Crippen LogP contribution is -2.37. The Bertz CT molecular complexity index is 638. The molecule has 3 nitrogen and oxygen atoms in total. The van der Waals surface area contributed by atoms with E-state index in [0.717, 1.165) is 36.8 Å². The number of hydrogen-bond acceptors (Lipinski definition) is 2. The number of rotatable bonds is 2. The Morgan fingerprint density at radius 1 is 1.00 bits per heavy atom. The van der Waals surface area contributed by atoms with Crippen LogP contribution in [-0.4, -0.2) is 11.9 Å². The quantitative estimate of drug-likeness (QED) is 0.825. The maximum absolute atomic E-state index is 12.5. The standard InChI is InChI=1S/C18H22N2O/c19-17-9-3-1-2-8-16(17)18(21)20-15-11-10-13-6-4-5-7-14(13)12-15/h4-7,10-12,16-17H,1-3,8-9,19H2,(H,20,21). The molecule has 3 heteroatoms. The van der Waals surface area contributed by atoms with Gasteiger partial charge in [0.25, 0.3) is 0 Å². The number of fused-ring (bicyclic) bond motifs is 1. The molecule has 2 atom stereocenters. The Morgan fingerprint density at radius 2 is 1.76 bits per heavy atom. The normalized spacial score (nSPS) is 22.7. The highest BCUT2D eigenvalue weighted by molar-refractivity contribution is 5.95. The topological polar surface area (TPSA) is 55.1 Å². The summed E-state index contributed by atoms with van der Waals surface area (Å²) in [6.07, 6.45) is 5.29. The molecule has 21 heavy (non-hydrogen) atoms. The van der Waals surface area contributed by atoms with Crippen LogP contribution < -0.4 is 11.1 Å². The summed E-state index contributed by atoms with van der Waals surface area (Å²) >= 11 is 0. The largest absolute Gasteiger partial charge is 0.327 e. The van der Waals surface area contributed by atoms with Gasteiger partial charge in [-0.25, -0.2) is 0 Å². The van der Waals surface area contributed by atoms with Crippen LogP contribution in [-0.2, 0) is 4.79 Å². The van der Waals surface area contributed by atoms with Crippen LogP contribution >= 0.6 is 0 Å². The third-order valence-corrected chi connectivity index (χ3v) is 4.42. The monoisotopic (exact) mass is 282 g/mol. The average Bonchev–Trinajstić information content (AvgIpc) is 2.71. The number of amides is 1. The van der Waals surface area contributed by atoms with Crippen LogP contribution in [0.4, 0.5) is 5.69 Å². The molecule has 2 aromatic rings. The second kappa shape index (κ2) is 6.27. The van der Waals surface area contributed by atoms with Crippen LogP contribution in [0.2, 0.25) is 0 Å². The van der Waals surface area contributed by atoms with E-state index in [4.69, 9.17) is 5.73 Å². The molecule has 0 aliphatic heterocycles. The maximum Gasteiger partial charge on any atom is 0.229 e. The molecule has 1 amide bonds. The molecule has 1 aliphatic rings. The van der Waals surface area contributed by atoms with Crippen molar-refractivity contribution < 1.29 is 4.79 Å². The zero-order valence-corrected chi connectivity index (χ0v) is 12.2. The van der Waals surface area contributed by atoms with Crippen LogP contribution in [0.1, 0.15) is 32.1 Å². The smallest absolute Gasteiger partial charge is 0.229 e. The van der Waals surface area contributed by atoms with Crippen molar-refractivity contribution in [3.05, 3.63) is 42.5 Å². The minimum atomic E-state index is -0.0565.